The molecule has 0 atom stereocenters. The maximum absolute atomic E-state index is 12.4. The number of carbonyl (C=O) groups is 2. The summed E-state index contributed by atoms with van der Waals surface area (Å²) in [4.78, 5) is 32.0. The number of carbonyl (C=O) groups excluding carboxylic acids is 2. The third-order valence-electron chi connectivity index (χ3n) is 3.87. The SMILES string of the molecule is COC(=O)N1CCCN(C(=O)CSc2nc3ccccc3s2)CC1. The lowest BCUT2D eigenvalue weighted by molar-refractivity contribution is -0.128. The first-order chi connectivity index (χ1) is 11.7. The van der Waals surface area contributed by atoms with Crippen molar-refractivity contribution < 1.29 is 14.3 Å². The Labute approximate surface area is 148 Å². The van der Waals surface area contributed by atoms with Gasteiger partial charge in [-0.25, -0.2) is 9.78 Å². The molecule has 3 rings (SSSR count). The molecule has 0 unspecified atom stereocenters. The van der Waals surface area contributed by atoms with E-state index in [2.05, 4.69) is 4.98 Å². The molecule has 1 aliphatic heterocycles. The van der Waals surface area contributed by atoms with Crippen LogP contribution in [0.25, 0.3) is 10.2 Å². The average molecular weight is 365 g/mol. The Kier molecular flexibility index (Phi) is 5.57. The maximum Gasteiger partial charge on any atom is 0.409 e. The van der Waals surface area contributed by atoms with Crippen molar-refractivity contribution in [2.45, 2.75) is 10.8 Å². The van der Waals surface area contributed by atoms with Crippen molar-refractivity contribution in [1.82, 2.24) is 14.8 Å². The number of methoxy groups -OCH3 is 1. The molecule has 1 fully saturated rings. The van der Waals surface area contributed by atoms with Gasteiger partial charge < -0.3 is 14.5 Å². The van der Waals surface area contributed by atoms with Gasteiger partial charge in [0, 0.05) is 26.2 Å². The van der Waals surface area contributed by atoms with Gasteiger partial charge >= 0.3 is 6.09 Å². The molecule has 0 bridgehead atoms. The van der Waals surface area contributed by atoms with Gasteiger partial charge in [-0.05, 0) is 18.6 Å². The van der Waals surface area contributed by atoms with Gasteiger partial charge in [-0.15, -0.1) is 11.3 Å². The van der Waals surface area contributed by atoms with Crippen LogP contribution in [0.4, 0.5) is 4.79 Å². The molecule has 0 saturated carbocycles. The van der Waals surface area contributed by atoms with Crippen LogP contribution in [-0.2, 0) is 9.53 Å². The van der Waals surface area contributed by atoms with Crippen molar-refractivity contribution in [2.75, 3.05) is 39.0 Å². The molecule has 1 aromatic heterocycles. The lowest BCUT2D eigenvalue weighted by Gasteiger charge is -2.21. The van der Waals surface area contributed by atoms with E-state index in [0.29, 0.717) is 31.9 Å². The summed E-state index contributed by atoms with van der Waals surface area (Å²) in [5.41, 5.74) is 0.973. The smallest absolute Gasteiger partial charge is 0.409 e. The second kappa shape index (κ2) is 7.85. The van der Waals surface area contributed by atoms with E-state index < -0.39 is 0 Å². The lowest BCUT2D eigenvalue weighted by Crippen LogP contribution is -2.38. The number of amides is 2. The molecule has 24 heavy (non-hydrogen) atoms. The molecule has 0 radical (unpaired) electrons. The fourth-order valence-corrected chi connectivity index (χ4v) is 4.58. The summed E-state index contributed by atoms with van der Waals surface area (Å²) in [6.45, 7) is 2.37. The standard InChI is InChI=1S/C16H19N3O3S2/c1-22-16(21)19-8-4-7-18(9-10-19)14(20)11-23-15-17-12-5-2-3-6-13(12)24-15/h2-3,5-6H,4,7-11H2,1H3. The number of hydrogen-bond donors (Lipinski definition) is 0. The second-order valence-corrected chi connectivity index (χ2v) is 7.68. The Morgan fingerprint density at radius 2 is 1.96 bits per heavy atom. The topological polar surface area (TPSA) is 62.7 Å². The van der Waals surface area contributed by atoms with Crippen molar-refractivity contribution in [3.63, 3.8) is 0 Å². The first kappa shape index (κ1) is 17.0. The fraction of sp³-hybridized carbons (Fsp3) is 0.438. The summed E-state index contributed by atoms with van der Waals surface area (Å²) >= 11 is 3.09. The molecule has 128 valence electrons. The van der Waals surface area contributed by atoms with Crippen LogP contribution in [0, 0.1) is 0 Å². The summed E-state index contributed by atoms with van der Waals surface area (Å²) in [5, 5.41) is 0. The molecule has 1 aromatic carbocycles. The lowest BCUT2D eigenvalue weighted by atomic mass is 10.3. The number of benzene rings is 1. The van der Waals surface area contributed by atoms with E-state index in [1.807, 2.05) is 29.2 Å². The number of thioether (sulfide) groups is 1. The number of aromatic nitrogens is 1. The molecular weight excluding hydrogens is 346 g/mol. The largest absolute Gasteiger partial charge is 0.453 e. The van der Waals surface area contributed by atoms with Gasteiger partial charge in [0.2, 0.25) is 5.91 Å². The summed E-state index contributed by atoms with van der Waals surface area (Å²) in [6, 6.07) is 7.97. The fourth-order valence-electron chi connectivity index (χ4n) is 2.61. The van der Waals surface area contributed by atoms with Crippen molar-refractivity contribution in [1.29, 1.82) is 0 Å². The van der Waals surface area contributed by atoms with Crippen LogP contribution in [0.5, 0.6) is 0 Å². The van der Waals surface area contributed by atoms with Gasteiger partial charge in [-0.1, -0.05) is 23.9 Å². The van der Waals surface area contributed by atoms with Crippen molar-refractivity contribution in [3.8, 4) is 0 Å². The monoisotopic (exact) mass is 365 g/mol. The summed E-state index contributed by atoms with van der Waals surface area (Å²) in [6.07, 6.45) is 0.445. The zero-order valence-corrected chi connectivity index (χ0v) is 15.1. The molecule has 1 aliphatic rings. The average Bonchev–Trinajstić information content (AvgIpc) is 2.86. The Morgan fingerprint density at radius 3 is 2.75 bits per heavy atom. The first-order valence-corrected chi connectivity index (χ1v) is 9.56. The number of rotatable bonds is 3. The van der Waals surface area contributed by atoms with E-state index in [0.717, 1.165) is 21.0 Å². The molecule has 2 heterocycles. The van der Waals surface area contributed by atoms with Crippen molar-refractivity contribution >= 4 is 45.3 Å². The van der Waals surface area contributed by atoms with E-state index in [4.69, 9.17) is 4.74 Å². The number of thiazole rings is 1. The third kappa shape index (κ3) is 3.99. The predicted octanol–water partition coefficient (Wildman–Crippen LogP) is 2.69. The van der Waals surface area contributed by atoms with Gasteiger partial charge in [0.1, 0.15) is 0 Å². The van der Waals surface area contributed by atoms with Crippen LogP contribution in [0.3, 0.4) is 0 Å². The highest BCUT2D eigenvalue weighted by Gasteiger charge is 2.22. The van der Waals surface area contributed by atoms with E-state index in [1.165, 1.54) is 18.9 Å². The number of fused-ring (bicyclic) bond motifs is 1. The van der Waals surface area contributed by atoms with E-state index >= 15 is 0 Å². The number of ether oxygens (including phenoxy) is 1. The molecule has 0 spiro atoms. The van der Waals surface area contributed by atoms with Gasteiger partial charge in [0.25, 0.3) is 0 Å². The molecule has 2 aromatic rings. The summed E-state index contributed by atoms with van der Waals surface area (Å²) < 4.78 is 6.80. The van der Waals surface area contributed by atoms with Crippen LogP contribution in [0.2, 0.25) is 0 Å². The minimum absolute atomic E-state index is 0.0889. The minimum Gasteiger partial charge on any atom is -0.453 e. The molecule has 1 saturated heterocycles. The predicted molar refractivity (Wildman–Crippen MR) is 95.5 cm³/mol. The van der Waals surface area contributed by atoms with Gasteiger partial charge in [0.05, 0.1) is 23.1 Å². The molecule has 2 amide bonds. The Hall–Kier alpha value is -1.80. The van der Waals surface area contributed by atoms with Gasteiger partial charge in [-0.3, -0.25) is 4.79 Å². The molecule has 0 aliphatic carbocycles. The Morgan fingerprint density at radius 1 is 1.21 bits per heavy atom. The molecule has 8 heteroatoms. The highest BCUT2D eigenvalue weighted by Crippen LogP contribution is 2.29. The van der Waals surface area contributed by atoms with Crippen molar-refractivity contribution in [2.24, 2.45) is 0 Å². The third-order valence-corrected chi connectivity index (χ3v) is 6.04. The van der Waals surface area contributed by atoms with Crippen LogP contribution >= 0.6 is 23.1 Å². The first-order valence-electron chi connectivity index (χ1n) is 7.76. The molecular formula is C16H19N3O3S2. The van der Waals surface area contributed by atoms with Gasteiger partial charge in [0.15, 0.2) is 4.34 Å². The second-order valence-electron chi connectivity index (χ2n) is 5.43. The summed E-state index contributed by atoms with van der Waals surface area (Å²) in [5.74, 6) is 0.462. The van der Waals surface area contributed by atoms with Crippen LogP contribution in [-0.4, -0.2) is 65.8 Å². The molecule has 0 N–H and O–H groups in total. The highest BCUT2D eigenvalue weighted by molar-refractivity contribution is 8.01. The van der Waals surface area contributed by atoms with E-state index in [1.54, 1.807) is 16.2 Å². The minimum atomic E-state index is -0.326. The number of para-hydroxylation sites is 1. The number of hydrogen-bond acceptors (Lipinski definition) is 6. The summed E-state index contributed by atoms with van der Waals surface area (Å²) in [7, 11) is 1.38. The Bertz CT molecular complexity index is 701. The van der Waals surface area contributed by atoms with Crippen LogP contribution < -0.4 is 0 Å². The molecule has 6 nitrogen and oxygen atoms in total. The van der Waals surface area contributed by atoms with Crippen LogP contribution in [0.1, 0.15) is 6.42 Å². The van der Waals surface area contributed by atoms with Gasteiger partial charge in [-0.2, -0.15) is 0 Å². The van der Waals surface area contributed by atoms with E-state index in [-0.39, 0.29) is 12.0 Å². The van der Waals surface area contributed by atoms with E-state index in [9.17, 15) is 9.59 Å². The Balaban J connectivity index is 1.54. The maximum atomic E-state index is 12.4. The zero-order chi connectivity index (χ0) is 16.9. The quantitative estimate of drug-likeness (QED) is 0.783. The highest BCUT2D eigenvalue weighted by atomic mass is 32.2. The normalized spacial score (nSPS) is 15.4. The van der Waals surface area contributed by atoms with Crippen LogP contribution in [0.15, 0.2) is 28.6 Å². The number of nitrogens with zero attached hydrogens (tertiary/aromatic N) is 3. The zero-order valence-electron chi connectivity index (χ0n) is 13.4. The van der Waals surface area contributed by atoms with Crippen molar-refractivity contribution in [3.05, 3.63) is 24.3 Å².